The van der Waals surface area contributed by atoms with Gasteiger partial charge in [-0.3, -0.25) is 4.79 Å². The fraction of sp³-hybridized carbons (Fsp3) is 0.278. The lowest BCUT2D eigenvalue weighted by molar-refractivity contribution is 0.102. The molecule has 0 saturated heterocycles. The molecule has 2 aromatic carbocycles. The Balaban J connectivity index is 1.97. The van der Waals surface area contributed by atoms with Crippen LogP contribution in [0.1, 0.15) is 35.7 Å². The molecular weight excluding hydrogens is 389 g/mol. The first-order chi connectivity index (χ1) is 10.6. The molecule has 1 amide bonds. The number of benzene rings is 2. The Morgan fingerprint density at radius 3 is 2.55 bits per heavy atom. The van der Waals surface area contributed by atoms with Crippen molar-refractivity contribution in [1.29, 1.82) is 0 Å². The molecule has 0 fully saturated rings. The summed E-state index contributed by atoms with van der Waals surface area (Å²) in [7, 11) is 0. The van der Waals surface area contributed by atoms with Crippen LogP contribution in [0.2, 0.25) is 0 Å². The van der Waals surface area contributed by atoms with Crippen LogP contribution in [0.15, 0.2) is 42.5 Å². The minimum Gasteiger partial charge on any atom is -0.494 e. The van der Waals surface area contributed by atoms with Crippen molar-refractivity contribution in [1.82, 2.24) is 0 Å². The molecule has 2 aromatic rings. The third kappa shape index (κ3) is 4.73. The summed E-state index contributed by atoms with van der Waals surface area (Å²) in [6, 6.07) is 13.2. The molecule has 0 aromatic heterocycles. The third-order valence-electron chi connectivity index (χ3n) is 3.31. The van der Waals surface area contributed by atoms with Crippen molar-refractivity contribution >= 4 is 34.2 Å². The molecule has 0 bridgehead atoms. The molecule has 0 aliphatic rings. The van der Waals surface area contributed by atoms with Crippen LogP contribution in [0.5, 0.6) is 5.75 Å². The number of unbranched alkanes of at least 4 members (excludes halogenated alkanes) is 1. The number of amides is 1. The zero-order valence-corrected chi connectivity index (χ0v) is 15.0. The number of anilines is 1. The van der Waals surface area contributed by atoms with E-state index in [1.807, 2.05) is 49.4 Å². The van der Waals surface area contributed by atoms with Crippen LogP contribution < -0.4 is 10.1 Å². The lowest BCUT2D eigenvalue weighted by Gasteiger charge is -2.09. The van der Waals surface area contributed by atoms with Gasteiger partial charge in [0.2, 0.25) is 0 Å². The van der Waals surface area contributed by atoms with Crippen LogP contribution in [0, 0.1) is 10.5 Å². The lowest BCUT2D eigenvalue weighted by atomic mass is 10.1. The molecule has 0 heterocycles. The maximum atomic E-state index is 12.2. The van der Waals surface area contributed by atoms with Crippen LogP contribution in [0.25, 0.3) is 0 Å². The Hall–Kier alpha value is -1.56. The van der Waals surface area contributed by atoms with Gasteiger partial charge in [0.1, 0.15) is 5.75 Å². The van der Waals surface area contributed by atoms with Crippen molar-refractivity contribution in [2.45, 2.75) is 26.7 Å². The van der Waals surface area contributed by atoms with E-state index in [1.54, 1.807) is 0 Å². The van der Waals surface area contributed by atoms with Crippen molar-refractivity contribution in [2.24, 2.45) is 0 Å². The quantitative estimate of drug-likeness (QED) is 0.537. The predicted octanol–water partition coefficient (Wildman–Crippen LogP) is 5.03. The topological polar surface area (TPSA) is 38.3 Å². The van der Waals surface area contributed by atoms with Crippen molar-refractivity contribution < 1.29 is 9.53 Å². The zero-order valence-electron chi connectivity index (χ0n) is 12.9. The van der Waals surface area contributed by atoms with Gasteiger partial charge < -0.3 is 10.1 Å². The smallest absolute Gasteiger partial charge is 0.255 e. The SMILES string of the molecule is CCCCOc1ccc(NC(=O)c2ccc(C)c(I)c2)cc1. The number of carbonyl (C=O) groups excluding carboxylic acids is 1. The highest BCUT2D eigenvalue weighted by Crippen LogP contribution is 2.18. The molecule has 0 spiro atoms. The van der Waals surface area contributed by atoms with Crippen LogP contribution in [-0.4, -0.2) is 12.5 Å². The molecule has 0 unspecified atom stereocenters. The Morgan fingerprint density at radius 2 is 1.91 bits per heavy atom. The monoisotopic (exact) mass is 409 g/mol. The van der Waals surface area contributed by atoms with Gasteiger partial charge in [-0.2, -0.15) is 0 Å². The van der Waals surface area contributed by atoms with Crippen molar-refractivity contribution in [2.75, 3.05) is 11.9 Å². The minimum atomic E-state index is -0.0995. The maximum Gasteiger partial charge on any atom is 0.255 e. The van der Waals surface area contributed by atoms with Gasteiger partial charge in [0.15, 0.2) is 0 Å². The van der Waals surface area contributed by atoms with Crippen molar-refractivity contribution in [3.63, 3.8) is 0 Å². The van der Waals surface area contributed by atoms with Gasteiger partial charge in [0, 0.05) is 14.8 Å². The first-order valence-corrected chi connectivity index (χ1v) is 8.48. The number of aryl methyl sites for hydroxylation is 1. The molecule has 0 atom stereocenters. The van der Waals surface area contributed by atoms with E-state index in [4.69, 9.17) is 4.74 Å². The standard InChI is InChI=1S/C18H20INO2/c1-3-4-11-22-16-9-7-15(8-10-16)20-18(21)14-6-5-13(2)17(19)12-14/h5-10,12H,3-4,11H2,1-2H3,(H,20,21). The highest BCUT2D eigenvalue weighted by Gasteiger charge is 2.07. The average molecular weight is 409 g/mol. The molecule has 116 valence electrons. The molecule has 3 nitrogen and oxygen atoms in total. The van der Waals surface area contributed by atoms with E-state index >= 15 is 0 Å². The van der Waals surface area contributed by atoms with E-state index in [1.165, 1.54) is 5.56 Å². The van der Waals surface area contributed by atoms with E-state index in [9.17, 15) is 4.79 Å². The normalized spacial score (nSPS) is 10.3. The number of hydrogen-bond acceptors (Lipinski definition) is 2. The summed E-state index contributed by atoms with van der Waals surface area (Å²) >= 11 is 2.24. The van der Waals surface area contributed by atoms with Gasteiger partial charge in [0.25, 0.3) is 5.91 Å². The summed E-state index contributed by atoms with van der Waals surface area (Å²) in [5, 5.41) is 2.90. The molecular formula is C18H20INO2. The number of halogens is 1. The molecule has 0 radical (unpaired) electrons. The summed E-state index contributed by atoms with van der Waals surface area (Å²) in [5.41, 5.74) is 2.60. The van der Waals surface area contributed by atoms with Crippen molar-refractivity contribution in [3.8, 4) is 5.75 Å². The van der Waals surface area contributed by atoms with E-state index in [0.717, 1.165) is 34.5 Å². The molecule has 0 aliphatic carbocycles. The van der Waals surface area contributed by atoms with E-state index < -0.39 is 0 Å². The van der Waals surface area contributed by atoms with Gasteiger partial charge >= 0.3 is 0 Å². The maximum absolute atomic E-state index is 12.2. The van der Waals surface area contributed by atoms with Crippen molar-refractivity contribution in [3.05, 3.63) is 57.2 Å². The van der Waals surface area contributed by atoms with E-state index in [2.05, 4.69) is 34.8 Å². The highest BCUT2D eigenvalue weighted by molar-refractivity contribution is 14.1. The summed E-state index contributed by atoms with van der Waals surface area (Å²) in [5.74, 6) is 0.730. The fourth-order valence-electron chi connectivity index (χ4n) is 1.91. The first kappa shape index (κ1) is 16.8. The average Bonchev–Trinajstić information content (AvgIpc) is 2.52. The minimum absolute atomic E-state index is 0.0995. The van der Waals surface area contributed by atoms with Crippen LogP contribution in [0.4, 0.5) is 5.69 Å². The molecule has 0 aliphatic heterocycles. The number of rotatable bonds is 6. The van der Waals surface area contributed by atoms with Crippen LogP contribution in [-0.2, 0) is 0 Å². The molecule has 2 rings (SSSR count). The Bertz CT molecular complexity index is 638. The van der Waals surface area contributed by atoms with Gasteiger partial charge in [0.05, 0.1) is 6.61 Å². The Kier molecular flexibility index (Phi) is 6.24. The number of nitrogens with one attached hydrogen (secondary N) is 1. The number of ether oxygens (including phenoxy) is 1. The predicted molar refractivity (Wildman–Crippen MR) is 98.7 cm³/mol. The van der Waals surface area contributed by atoms with E-state index in [0.29, 0.717) is 5.56 Å². The lowest BCUT2D eigenvalue weighted by Crippen LogP contribution is -2.12. The van der Waals surface area contributed by atoms with Gasteiger partial charge in [-0.05, 0) is 77.9 Å². The van der Waals surface area contributed by atoms with Crippen LogP contribution in [0.3, 0.4) is 0 Å². The fourth-order valence-corrected chi connectivity index (χ4v) is 2.42. The third-order valence-corrected chi connectivity index (χ3v) is 4.48. The first-order valence-electron chi connectivity index (χ1n) is 7.40. The summed E-state index contributed by atoms with van der Waals surface area (Å²) in [6.07, 6.45) is 2.16. The number of hydrogen-bond donors (Lipinski definition) is 1. The zero-order chi connectivity index (χ0) is 15.9. The molecule has 22 heavy (non-hydrogen) atoms. The molecule has 1 N–H and O–H groups in total. The van der Waals surface area contributed by atoms with Gasteiger partial charge in [-0.1, -0.05) is 19.4 Å². The second-order valence-electron chi connectivity index (χ2n) is 5.14. The van der Waals surface area contributed by atoms with E-state index in [-0.39, 0.29) is 5.91 Å². The molecule has 0 saturated carbocycles. The second-order valence-corrected chi connectivity index (χ2v) is 6.31. The highest BCUT2D eigenvalue weighted by atomic mass is 127. The van der Waals surface area contributed by atoms with Gasteiger partial charge in [-0.25, -0.2) is 0 Å². The van der Waals surface area contributed by atoms with Crippen LogP contribution >= 0.6 is 22.6 Å². The largest absolute Gasteiger partial charge is 0.494 e. The second kappa shape index (κ2) is 8.17. The Morgan fingerprint density at radius 1 is 1.18 bits per heavy atom. The Labute approximate surface area is 145 Å². The summed E-state index contributed by atoms with van der Waals surface area (Å²) < 4.78 is 6.69. The van der Waals surface area contributed by atoms with Gasteiger partial charge in [-0.15, -0.1) is 0 Å². The summed E-state index contributed by atoms with van der Waals surface area (Å²) in [4.78, 5) is 12.2. The number of carbonyl (C=O) groups is 1. The molecule has 4 heteroatoms. The summed E-state index contributed by atoms with van der Waals surface area (Å²) in [6.45, 7) is 4.89.